The third-order valence-corrected chi connectivity index (χ3v) is 3.44. The lowest BCUT2D eigenvalue weighted by Crippen LogP contribution is -2.42. The second-order valence-electron chi connectivity index (χ2n) is 2.99. The van der Waals surface area contributed by atoms with Gasteiger partial charge < -0.3 is 10.2 Å². The van der Waals surface area contributed by atoms with E-state index in [2.05, 4.69) is 4.18 Å². The van der Waals surface area contributed by atoms with E-state index in [0.717, 1.165) is 6.26 Å². The lowest BCUT2D eigenvalue weighted by Gasteiger charge is -2.25. The standard InChI is InChI=1S/C6H13NO5S2/c1-14(10,11)12-4-3-7-6(8,9)2-5-13-7/h8-9H,2-5H2,1H3. The molecule has 0 bridgehead atoms. The molecule has 0 aromatic heterocycles. The number of aliphatic hydroxyl groups is 2. The Bertz CT molecular complexity index is 289. The quantitative estimate of drug-likeness (QED) is 0.370. The molecule has 0 spiro atoms. The van der Waals surface area contributed by atoms with Gasteiger partial charge in [-0.1, -0.05) is 11.9 Å². The van der Waals surface area contributed by atoms with Crippen LogP contribution in [0.1, 0.15) is 6.42 Å². The molecule has 0 radical (unpaired) electrons. The fourth-order valence-electron chi connectivity index (χ4n) is 1.04. The van der Waals surface area contributed by atoms with E-state index in [1.165, 1.54) is 16.3 Å². The van der Waals surface area contributed by atoms with Gasteiger partial charge in [-0.25, -0.2) is 0 Å². The fraction of sp³-hybridized carbons (Fsp3) is 1.00. The Kier molecular flexibility index (Phi) is 3.78. The van der Waals surface area contributed by atoms with Gasteiger partial charge in [-0.05, 0) is 0 Å². The van der Waals surface area contributed by atoms with Crippen molar-refractivity contribution < 1.29 is 22.8 Å². The first-order valence-electron chi connectivity index (χ1n) is 4.01. The van der Waals surface area contributed by atoms with Gasteiger partial charge in [0.25, 0.3) is 10.1 Å². The average Bonchev–Trinajstić information content (AvgIpc) is 2.28. The highest BCUT2D eigenvalue weighted by Crippen LogP contribution is 2.31. The van der Waals surface area contributed by atoms with Gasteiger partial charge in [0.15, 0.2) is 0 Å². The smallest absolute Gasteiger partial charge is 0.264 e. The summed E-state index contributed by atoms with van der Waals surface area (Å²) in [4.78, 5) is 0. The fourth-order valence-corrected chi connectivity index (χ4v) is 2.50. The molecule has 2 N–H and O–H groups in total. The molecule has 0 saturated carbocycles. The minimum Gasteiger partial charge on any atom is -0.353 e. The molecule has 1 fully saturated rings. The summed E-state index contributed by atoms with van der Waals surface area (Å²) in [6, 6.07) is 0. The minimum atomic E-state index is -3.45. The van der Waals surface area contributed by atoms with E-state index in [0.29, 0.717) is 5.75 Å². The van der Waals surface area contributed by atoms with Gasteiger partial charge in [0.2, 0.25) is 5.91 Å². The molecule has 1 aliphatic rings. The Morgan fingerprint density at radius 3 is 2.64 bits per heavy atom. The van der Waals surface area contributed by atoms with E-state index in [9.17, 15) is 18.6 Å². The van der Waals surface area contributed by atoms with Gasteiger partial charge in [0.05, 0.1) is 12.9 Å². The van der Waals surface area contributed by atoms with Gasteiger partial charge in [-0.3, -0.25) is 4.18 Å². The summed E-state index contributed by atoms with van der Waals surface area (Å²) in [6.45, 7) is 0.0828. The van der Waals surface area contributed by atoms with Crippen LogP contribution in [0.4, 0.5) is 0 Å². The highest BCUT2D eigenvalue weighted by atomic mass is 32.2. The summed E-state index contributed by atoms with van der Waals surface area (Å²) in [7, 11) is -3.45. The zero-order valence-electron chi connectivity index (χ0n) is 7.71. The Hall–Kier alpha value is 0.140. The van der Waals surface area contributed by atoms with Crippen LogP contribution in [0.5, 0.6) is 0 Å². The molecular formula is C6H13NO5S2. The molecule has 6 nitrogen and oxygen atoms in total. The van der Waals surface area contributed by atoms with Gasteiger partial charge in [-0.2, -0.15) is 12.7 Å². The average molecular weight is 243 g/mol. The number of rotatable bonds is 4. The maximum atomic E-state index is 10.6. The normalized spacial score (nSPS) is 22.8. The van der Waals surface area contributed by atoms with Crippen LogP contribution in [-0.2, 0) is 14.3 Å². The number of hydrogen-bond donors (Lipinski definition) is 2. The van der Waals surface area contributed by atoms with Crippen LogP contribution < -0.4 is 0 Å². The van der Waals surface area contributed by atoms with Gasteiger partial charge in [0, 0.05) is 18.7 Å². The Labute approximate surface area is 87.1 Å². The summed E-state index contributed by atoms with van der Waals surface area (Å²) in [5.74, 6) is -1.24. The first kappa shape index (κ1) is 12.2. The summed E-state index contributed by atoms with van der Waals surface area (Å²) in [5, 5.41) is 18.7. The molecule has 0 unspecified atom stereocenters. The van der Waals surface area contributed by atoms with E-state index in [4.69, 9.17) is 0 Å². The van der Waals surface area contributed by atoms with Crippen LogP contribution in [0.15, 0.2) is 0 Å². The molecule has 0 amide bonds. The lowest BCUT2D eigenvalue weighted by molar-refractivity contribution is -0.224. The SMILES string of the molecule is CS(=O)(=O)OCCN1SCCC1(O)O. The topological polar surface area (TPSA) is 87.1 Å². The minimum absolute atomic E-state index is 0.0747. The number of nitrogens with zero attached hydrogens (tertiary/aromatic N) is 1. The van der Waals surface area contributed by atoms with Crippen molar-refractivity contribution in [3.63, 3.8) is 0 Å². The molecule has 1 rings (SSSR count). The van der Waals surface area contributed by atoms with Crippen molar-refractivity contribution in [1.82, 2.24) is 4.31 Å². The largest absolute Gasteiger partial charge is 0.353 e. The monoisotopic (exact) mass is 243 g/mol. The summed E-state index contributed by atoms with van der Waals surface area (Å²) in [5.41, 5.74) is 0. The molecule has 1 heterocycles. The van der Waals surface area contributed by atoms with E-state index in [1.54, 1.807) is 0 Å². The number of hydrogen-bond acceptors (Lipinski definition) is 7. The molecule has 8 heteroatoms. The van der Waals surface area contributed by atoms with Gasteiger partial charge in [-0.15, -0.1) is 0 Å². The van der Waals surface area contributed by atoms with Crippen molar-refractivity contribution in [3.8, 4) is 0 Å². The van der Waals surface area contributed by atoms with Crippen LogP contribution in [0.3, 0.4) is 0 Å². The van der Waals surface area contributed by atoms with Crippen LogP contribution in [0.25, 0.3) is 0 Å². The van der Waals surface area contributed by atoms with E-state index in [1.807, 2.05) is 0 Å². The third kappa shape index (κ3) is 3.71. The van der Waals surface area contributed by atoms with Crippen molar-refractivity contribution in [2.75, 3.05) is 25.2 Å². The van der Waals surface area contributed by atoms with Crippen LogP contribution in [0, 0.1) is 0 Å². The van der Waals surface area contributed by atoms with E-state index < -0.39 is 16.0 Å². The molecule has 1 aliphatic heterocycles. The van der Waals surface area contributed by atoms with Crippen LogP contribution in [-0.4, -0.2) is 54.0 Å². The second-order valence-corrected chi connectivity index (χ2v) is 5.74. The lowest BCUT2D eigenvalue weighted by atomic mass is 10.3. The molecule has 1 saturated heterocycles. The highest BCUT2D eigenvalue weighted by molar-refractivity contribution is 7.97. The molecule has 14 heavy (non-hydrogen) atoms. The van der Waals surface area contributed by atoms with Crippen molar-refractivity contribution in [2.24, 2.45) is 0 Å². The van der Waals surface area contributed by atoms with Crippen molar-refractivity contribution in [2.45, 2.75) is 12.3 Å². The Morgan fingerprint density at radius 2 is 2.21 bits per heavy atom. The third-order valence-electron chi connectivity index (χ3n) is 1.68. The predicted molar refractivity (Wildman–Crippen MR) is 51.7 cm³/mol. The maximum Gasteiger partial charge on any atom is 0.264 e. The zero-order valence-corrected chi connectivity index (χ0v) is 9.34. The first-order chi connectivity index (χ1) is 6.31. The van der Waals surface area contributed by atoms with Crippen LogP contribution >= 0.6 is 11.9 Å². The molecule has 0 aromatic carbocycles. The van der Waals surface area contributed by atoms with Crippen molar-refractivity contribution >= 4 is 22.1 Å². The van der Waals surface area contributed by atoms with Crippen LogP contribution in [0.2, 0.25) is 0 Å². The predicted octanol–water partition coefficient (Wildman–Crippen LogP) is -1.05. The second kappa shape index (κ2) is 4.33. The zero-order chi connectivity index (χ0) is 10.8. The summed E-state index contributed by atoms with van der Waals surface area (Å²) < 4.78 is 27.0. The van der Waals surface area contributed by atoms with Gasteiger partial charge >= 0.3 is 0 Å². The Balaban J connectivity index is 2.32. The Morgan fingerprint density at radius 1 is 1.57 bits per heavy atom. The van der Waals surface area contributed by atoms with E-state index in [-0.39, 0.29) is 19.6 Å². The molecule has 84 valence electrons. The summed E-state index contributed by atoms with van der Waals surface area (Å²) >= 11 is 1.26. The molecule has 0 aliphatic carbocycles. The van der Waals surface area contributed by atoms with E-state index >= 15 is 0 Å². The molecular weight excluding hydrogens is 230 g/mol. The molecule has 0 atom stereocenters. The summed E-state index contributed by atoms with van der Waals surface area (Å²) in [6.07, 6.45) is 1.20. The highest BCUT2D eigenvalue weighted by Gasteiger charge is 2.37. The van der Waals surface area contributed by atoms with Crippen molar-refractivity contribution in [3.05, 3.63) is 0 Å². The maximum absolute atomic E-state index is 10.6. The first-order valence-corrected chi connectivity index (χ1v) is 6.77. The molecule has 0 aromatic rings. The van der Waals surface area contributed by atoms with Crippen molar-refractivity contribution in [1.29, 1.82) is 0 Å². The van der Waals surface area contributed by atoms with Gasteiger partial charge in [0.1, 0.15) is 0 Å².